The number of hydrogen-bond donors (Lipinski definition) is 1. The molecule has 5 heteroatoms. The van der Waals surface area contributed by atoms with Crippen molar-refractivity contribution >= 4 is 23.1 Å². The summed E-state index contributed by atoms with van der Waals surface area (Å²) in [6.07, 6.45) is 3.78. The summed E-state index contributed by atoms with van der Waals surface area (Å²) in [7, 11) is 1.70. The van der Waals surface area contributed by atoms with Gasteiger partial charge in [0.1, 0.15) is 0 Å². The van der Waals surface area contributed by atoms with Gasteiger partial charge in [0.15, 0.2) is 0 Å². The van der Waals surface area contributed by atoms with Gasteiger partial charge in [-0.25, -0.2) is 0 Å². The Balaban J connectivity index is 2.07. The van der Waals surface area contributed by atoms with Gasteiger partial charge in [0.2, 0.25) is 5.91 Å². The van der Waals surface area contributed by atoms with Crippen LogP contribution in [0, 0.1) is 11.3 Å². The zero-order valence-electron chi connectivity index (χ0n) is 11.1. The molecule has 0 aromatic carbocycles. The van der Waals surface area contributed by atoms with Gasteiger partial charge in [-0.3, -0.25) is 4.79 Å². The summed E-state index contributed by atoms with van der Waals surface area (Å²) in [5, 5.41) is 0. The van der Waals surface area contributed by atoms with Gasteiger partial charge in [-0.05, 0) is 31.6 Å². The van der Waals surface area contributed by atoms with E-state index in [0.717, 1.165) is 32.2 Å². The van der Waals surface area contributed by atoms with Gasteiger partial charge >= 0.3 is 0 Å². The summed E-state index contributed by atoms with van der Waals surface area (Å²) in [4.78, 5) is 14.9. The molecule has 0 aromatic rings. The minimum Gasteiger partial charge on any atom is -0.392 e. The first kappa shape index (κ1) is 13.7. The van der Waals surface area contributed by atoms with Crippen LogP contribution in [0.15, 0.2) is 0 Å². The van der Waals surface area contributed by atoms with E-state index in [0.29, 0.717) is 17.5 Å². The molecule has 1 aliphatic carbocycles. The first-order valence-electron chi connectivity index (χ1n) is 6.61. The van der Waals surface area contributed by atoms with Crippen LogP contribution < -0.4 is 5.73 Å². The molecule has 1 heterocycles. The van der Waals surface area contributed by atoms with Crippen LogP contribution in [0.2, 0.25) is 0 Å². The molecule has 0 radical (unpaired) electrons. The number of methoxy groups -OCH3 is 1. The van der Waals surface area contributed by atoms with Gasteiger partial charge < -0.3 is 15.4 Å². The number of likely N-dealkylation sites (tertiary alicyclic amines) is 1. The molecule has 1 aliphatic heterocycles. The van der Waals surface area contributed by atoms with Gasteiger partial charge in [-0.2, -0.15) is 0 Å². The molecule has 1 atom stereocenters. The van der Waals surface area contributed by atoms with Crippen LogP contribution in [0.25, 0.3) is 0 Å². The lowest BCUT2D eigenvalue weighted by Crippen LogP contribution is -2.59. The lowest BCUT2D eigenvalue weighted by Gasteiger charge is -2.47. The van der Waals surface area contributed by atoms with Crippen LogP contribution in [0.4, 0.5) is 0 Å². The maximum atomic E-state index is 12.7. The minimum atomic E-state index is -0.565. The normalized spacial score (nSPS) is 36.0. The highest BCUT2D eigenvalue weighted by atomic mass is 32.1. The molecule has 1 amide bonds. The molecule has 1 unspecified atom stereocenters. The van der Waals surface area contributed by atoms with E-state index in [2.05, 4.69) is 6.92 Å². The predicted molar refractivity (Wildman–Crippen MR) is 74.2 cm³/mol. The second kappa shape index (κ2) is 5.13. The number of rotatable bonds is 3. The summed E-state index contributed by atoms with van der Waals surface area (Å²) < 4.78 is 5.36. The Morgan fingerprint density at radius 3 is 2.67 bits per heavy atom. The van der Waals surface area contributed by atoms with E-state index in [1.807, 2.05) is 4.90 Å². The van der Waals surface area contributed by atoms with E-state index in [1.54, 1.807) is 7.11 Å². The van der Waals surface area contributed by atoms with Crippen molar-refractivity contribution in [3.05, 3.63) is 0 Å². The molecule has 0 aromatic heterocycles. The third-order valence-electron chi connectivity index (χ3n) is 4.27. The Bertz CT molecular complexity index is 353. The fourth-order valence-corrected chi connectivity index (χ4v) is 3.48. The van der Waals surface area contributed by atoms with Crippen molar-refractivity contribution < 1.29 is 9.53 Å². The van der Waals surface area contributed by atoms with Crippen LogP contribution in [0.3, 0.4) is 0 Å². The summed E-state index contributed by atoms with van der Waals surface area (Å²) >= 11 is 5.14. The molecular weight excluding hydrogens is 248 g/mol. The summed E-state index contributed by atoms with van der Waals surface area (Å²) in [5.41, 5.74) is 5.26. The van der Waals surface area contributed by atoms with Gasteiger partial charge in [0.05, 0.1) is 16.5 Å². The Labute approximate surface area is 114 Å². The maximum Gasteiger partial charge on any atom is 0.235 e. The van der Waals surface area contributed by atoms with Gasteiger partial charge in [0, 0.05) is 20.2 Å². The Morgan fingerprint density at radius 2 is 2.17 bits per heavy atom. The van der Waals surface area contributed by atoms with E-state index < -0.39 is 5.41 Å². The Morgan fingerprint density at radius 1 is 1.50 bits per heavy atom. The van der Waals surface area contributed by atoms with Crippen LogP contribution in [0.1, 0.15) is 32.6 Å². The average Bonchev–Trinajstić information content (AvgIpc) is 2.33. The average molecular weight is 270 g/mol. The smallest absolute Gasteiger partial charge is 0.235 e. The van der Waals surface area contributed by atoms with Crippen LogP contribution in [-0.2, 0) is 9.53 Å². The third-order valence-corrected chi connectivity index (χ3v) is 4.66. The Kier molecular flexibility index (Phi) is 3.92. The van der Waals surface area contributed by atoms with Gasteiger partial charge in [-0.15, -0.1) is 0 Å². The van der Waals surface area contributed by atoms with Crippen molar-refractivity contribution in [2.24, 2.45) is 17.1 Å². The zero-order valence-corrected chi connectivity index (χ0v) is 12.0. The number of hydrogen-bond acceptors (Lipinski definition) is 3. The Hall–Kier alpha value is -0.680. The van der Waals surface area contributed by atoms with E-state index in [-0.39, 0.29) is 12.0 Å². The molecule has 2 N–H and O–H groups in total. The summed E-state index contributed by atoms with van der Waals surface area (Å²) in [5.74, 6) is 0.660. The standard InChI is InChI=1S/C13H22N2O2S/c1-9-6-13(7-9,11(14)18)12(16)15-5-3-4-10(8-15)17-2/h9-10H,3-8H2,1-2H3,(H2,14,18). The van der Waals surface area contributed by atoms with Gasteiger partial charge in [0.25, 0.3) is 0 Å². The predicted octanol–water partition coefficient (Wildman–Crippen LogP) is 1.33. The fraction of sp³-hybridized carbons (Fsp3) is 0.846. The number of carbonyl (C=O) groups excluding carboxylic acids is 1. The zero-order chi connectivity index (χ0) is 13.3. The number of amides is 1. The molecule has 102 valence electrons. The third kappa shape index (κ3) is 2.26. The topological polar surface area (TPSA) is 55.6 Å². The number of carbonyl (C=O) groups is 1. The monoisotopic (exact) mass is 270 g/mol. The second-order valence-electron chi connectivity index (χ2n) is 5.71. The first-order chi connectivity index (χ1) is 8.49. The highest BCUT2D eigenvalue weighted by molar-refractivity contribution is 7.80. The highest BCUT2D eigenvalue weighted by Gasteiger charge is 2.52. The van der Waals surface area contributed by atoms with E-state index in [9.17, 15) is 4.79 Å². The molecule has 1 saturated carbocycles. The highest BCUT2D eigenvalue weighted by Crippen LogP contribution is 2.47. The molecule has 0 bridgehead atoms. The van der Waals surface area contributed by atoms with Crippen molar-refractivity contribution in [1.82, 2.24) is 4.90 Å². The maximum absolute atomic E-state index is 12.7. The van der Waals surface area contributed by atoms with Crippen molar-refractivity contribution in [3.8, 4) is 0 Å². The molecule has 2 fully saturated rings. The van der Waals surface area contributed by atoms with E-state index >= 15 is 0 Å². The van der Waals surface area contributed by atoms with Crippen LogP contribution >= 0.6 is 12.2 Å². The number of nitrogens with two attached hydrogens (primary N) is 1. The second-order valence-corrected chi connectivity index (χ2v) is 6.15. The first-order valence-corrected chi connectivity index (χ1v) is 7.02. The number of thiocarbonyl (C=S) groups is 1. The summed E-state index contributed by atoms with van der Waals surface area (Å²) in [6, 6.07) is 0. The van der Waals surface area contributed by atoms with E-state index in [1.165, 1.54) is 0 Å². The fourth-order valence-electron chi connectivity index (χ4n) is 3.23. The van der Waals surface area contributed by atoms with E-state index in [4.69, 9.17) is 22.7 Å². The lowest BCUT2D eigenvalue weighted by molar-refractivity contribution is -0.147. The van der Waals surface area contributed by atoms with Gasteiger partial charge in [-0.1, -0.05) is 19.1 Å². The lowest BCUT2D eigenvalue weighted by atomic mass is 9.61. The molecular formula is C13H22N2O2S. The molecule has 1 saturated heterocycles. The molecule has 2 rings (SSSR count). The minimum absolute atomic E-state index is 0.120. The number of ether oxygens (including phenoxy) is 1. The molecule has 18 heavy (non-hydrogen) atoms. The quantitative estimate of drug-likeness (QED) is 0.786. The van der Waals surface area contributed by atoms with Crippen LogP contribution in [0.5, 0.6) is 0 Å². The molecule has 4 nitrogen and oxygen atoms in total. The van der Waals surface area contributed by atoms with Crippen LogP contribution in [-0.4, -0.2) is 42.1 Å². The summed E-state index contributed by atoms with van der Waals surface area (Å²) in [6.45, 7) is 3.61. The SMILES string of the molecule is COC1CCCN(C(=O)C2(C(N)=S)CC(C)C2)C1. The van der Waals surface area contributed by atoms with Crippen molar-refractivity contribution in [2.45, 2.75) is 38.7 Å². The van der Waals surface area contributed by atoms with Crippen molar-refractivity contribution in [3.63, 3.8) is 0 Å². The van der Waals surface area contributed by atoms with Crippen molar-refractivity contribution in [2.75, 3.05) is 20.2 Å². The molecule has 2 aliphatic rings. The largest absolute Gasteiger partial charge is 0.392 e. The number of piperidine rings is 1. The molecule has 0 spiro atoms. The van der Waals surface area contributed by atoms with Crippen molar-refractivity contribution in [1.29, 1.82) is 0 Å². The number of nitrogens with zero attached hydrogens (tertiary/aromatic N) is 1.